The standard InChI is InChI=1S/C18H20N2O8S/c1-25-13-9-12(18(22)28-4)14(16(27-3)15(13)26-2)20-29(23,24)11-7-5-10(6-8-11)17(19)21/h5-9,20H,1-4H3,(H2,19,21). The number of nitrogens with one attached hydrogen (secondary N) is 1. The molecular formula is C18H20N2O8S. The number of hydrogen-bond donors (Lipinski definition) is 2. The zero-order valence-electron chi connectivity index (χ0n) is 16.1. The van der Waals surface area contributed by atoms with Crippen molar-refractivity contribution in [3.05, 3.63) is 41.5 Å². The summed E-state index contributed by atoms with van der Waals surface area (Å²) in [6, 6.07) is 6.20. The van der Waals surface area contributed by atoms with Gasteiger partial charge in [0.15, 0.2) is 11.5 Å². The van der Waals surface area contributed by atoms with Gasteiger partial charge in [0.25, 0.3) is 10.0 Å². The fourth-order valence-electron chi connectivity index (χ4n) is 2.52. The maximum absolute atomic E-state index is 12.9. The Morgan fingerprint density at radius 2 is 1.52 bits per heavy atom. The number of esters is 1. The lowest BCUT2D eigenvalue weighted by Gasteiger charge is -2.19. The zero-order chi connectivity index (χ0) is 21.8. The second kappa shape index (κ2) is 8.69. The molecule has 2 rings (SSSR count). The molecule has 0 atom stereocenters. The van der Waals surface area contributed by atoms with Gasteiger partial charge in [-0.25, -0.2) is 13.2 Å². The lowest BCUT2D eigenvalue weighted by Crippen LogP contribution is -2.18. The summed E-state index contributed by atoms with van der Waals surface area (Å²) in [4.78, 5) is 23.3. The Bertz CT molecular complexity index is 1030. The first-order valence-electron chi connectivity index (χ1n) is 8.04. The van der Waals surface area contributed by atoms with Crippen LogP contribution in [0.3, 0.4) is 0 Å². The molecule has 0 aliphatic carbocycles. The minimum absolute atomic E-state index is 0.0735. The van der Waals surface area contributed by atoms with Crippen molar-refractivity contribution in [2.24, 2.45) is 5.73 Å². The van der Waals surface area contributed by atoms with Crippen LogP contribution in [0.2, 0.25) is 0 Å². The summed E-state index contributed by atoms with van der Waals surface area (Å²) in [6.07, 6.45) is 0. The first-order chi connectivity index (χ1) is 13.7. The summed E-state index contributed by atoms with van der Waals surface area (Å²) >= 11 is 0. The Morgan fingerprint density at radius 3 is 1.97 bits per heavy atom. The highest BCUT2D eigenvalue weighted by molar-refractivity contribution is 7.92. The molecule has 0 aliphatic heterocycles. The van der Waals surface area contributed by atoms with E-state index in [0.717, 1.165) is 7.11 Å². The quantitative estimate of drug-likeness (QED) is 0.605. The van der Waals surface area contributed by atoms with Crippen molar-refractivity contribution < 1.29 is 37.0 Å². The lowest BCUT2D eigenvalue weighted by atomic mass is 10.1. The number of carbonyl (C=O) groups excluding carboxylic acids is 2. The van der Waals surface area contributed by atoms with Crippen LogP contribution in [0.1, 0.15) is 20.7 Å². The van der Waals surface area contributed by atoms with Crippen LogP contribution in [0.5, 0.6) is 17.2 Å². The monoisotopic (exact) mass is 424 g/mol. The van der Waals surface area contributed by atoms with Gasteiger partial charge in [0.05, 0.1) is 38.9 Å². The van der Waals surface area contributed by atoms with Gasteiger partial charge >= 0.3 is 5.97 Å². The van der Waals surface area contributed by atoms with Crippen molar-refractivity contribution >= 4 is 27.6 Å². The van der Waals surface area contributed by atoms with Gasteiger partial charge in [-0.15, -0.1) is 0 Å². The molecule has 0 saturated carbocycles. The third kappa shape index (κ3) is 4.35. The highest BCUT2D eigenvalue weighted by Crippen LogP contribution is 2.46. The molecule has 156 valence electrons. The molecule has 10 nitrogen and oxygen atoms in total. The van der Waals surface area contributed by atoms with E-state index in [1.54, 1.807) is 0 Å². The van der Waals surface area contributed by atoms with Crippen LogP contribution >= 0.6 is 0 Å². The first-order valence-corrected chi connectivity index (χ1v) is 9.52. The van der Waals surface area contributed by atoms with E-state index in [1.165, 1.54) is 51.7 Å². The van der Waals surface area contributed by atoms with E-state index in [0.29, 0.717) is 0 Å². The minimum Gasteiger partial charge on any atom is -0.493 e. The van der Waals surface area contributed by atoms with Gasteiger partial charge in [-0.05, 0) is 24.3 Å². The molecule has 29 heavy (non-hydrogen) atoms. The lowest BCUT2D eigenvalue weighted by molar-refractivity contribution is 0.0601. The van der Waals surface area contributed by atoms with E-state index in [4.69, 9.17) is 24.7 Å². The number of anilines is 1. The maximum atomic E-state index is 12.9. The van der Waals surface area contributed by atoms with Crippen molar-refractivity contribution in [1.82, 2.24) is 0 Å². The Kier molecular flexibility index (Phi) is 6.54. The minimum atomic E-state index is -4.18. The van der Waals surface area contributed by atoms with Crippen molar-refractivity contribution in [3.8, 4) is 17.2 Å². The number of carbonyl (C=O) groups is 2. The van der Waals surface area contributed by atoms with Crippen LogP contribution in [-0.2, 0) is 14.8 Å². The van der Waals surface area contributed by atoms with Gasteiger partial charge in [-0.1, -0.05) is 0 Å². The average molecular weight is 424 g/mol. The Labute approximate surface area is 167 Å². The Balaban J connectivity index is 2.65. The van der Waals surface area contributed by atoms with Gasteiger partial charge in [-0.3, -0.25) is 9.52 Å². The predicted molar refractivity (Wildman–Crippen MR) is 103 cm³/mol. The molecule has 0 spiro atoms. The average Bonchev–Trinajstić information content (AvgIpc) is 2.72. The van der Waals surface area contributed by atoms with Gasteiger partial charge in [0.1, 0.15) is 5.69 Å². The molecule has 0 saturated heterocycles. The van der Waals surface area contributed by atoms with Gasteiger partial charge in [0, 0.05) is 11.6 Å². The molecule has 0 aliphatic rings. The number of rotatable bonds is 8. The molecule has 0 radical (unpaired) electrons. The highest BCUT2D eigenvalue weighted by Gasteiger charge is 2.28. The summed E-state index contributed by atoms with van der Waals surface area (Å²) < 4.78 is 48.5. The second-order valence-corrected chi connectivity index (χ2v) is 7.24. The molecule has 1 amide bonds. The fourth-order valence-corrected chi connectivity index (χ4v) is 3.60. The van der Waals surface area contributed by atoms with Crippen molar-refractivity contribution in [1.29, 1.82) is 0 Å². The van der Waals surface area contributed by atoms with Gasteiger partial charge < -0.3 is 24.7 Å². The van der Waals surface area contributed by atoms with E-state index in [2.05, 4.69) is 4.72 Å². The van der Waals surface area contributed by atoms with E-state index in [-0.39, 0.29) is 39.0 Å². The number of sulfonamides is 1. The molecule has 3 N–H and O–H groups in total. The van der Waals surface area contributed by atoms with Gasteiger partial charge in [-0.2, -0.15) is 0 Å². The normalized spacial score (nSPS) is 10.8. The maximum Gasteiger partial charge on any atom is 0.340 e. The third-order valence-electron chi connectivity index (χ3n) is 3.92. The number of primary amides is 1. The topological polar surface area (TPSA) is 143 Å². The van der Waals surface area contributed by atoms with E-state index in [9.17, 15) is 18.0 Å². The molecular weight excluding hydrogens is 404 g/mol. The number of benzene rings is 2. The number of methoxy groups -OCH3 is 4. The first kappa shape index (κ1) is 21.8. The van der Waals surface area contributed by atoms with Crippen LogP contribution in [-0.4, -0.2) is 48.7 Å². The van der Waals surface area contributed by atoms with Crippen LogP contribution in [0.4, 0.5) is 5.69 Å². The predicted octanol–water partition coefficient (Wildman–Crippen LogP) is 1.40. The SMILES string of the molecule is COC(=O)c1cc(OC)c(OC)c(OC)c1NS(=O)(=O)c1ccc(C(N)=O)cc1. The molecule has 0 aromatic heterocycles. The summed E-state index contributed by atoms with van der Waals surface area (Å²) in [6.45, 7) is 0. The molecule has 2 aromatic rings. The fraction of sp³-hybridized carbons (Fsp3) is 0.222. The Morgan fingerprint density at radius 1 is 0.931 bits per heavy atom. The van der Waals surface area contributed by atoms with E-state index in [1.807, 2.05) is 0 Å². The van der Waals surface area contributed by atoms with Crippen LogP contribution < -0.4 is 24.7 Å². The summed E-state index contributed by atoms with van der Waals surface area (Å²) in [5, 5.41) is 0. The van der Waals surface area contributed by atoms with E-state index >= 15 is 0 Å². The van der Waals surface area contributed by atoms with Crippen LogP contribution in [0.15, 0.2) is 35.2 Å². The Hall–Kier alpha value is -3.47. The van der Waals surface area contributed by atoms with Crippen LogP contribution in [0, 0.1) is 0 Å². The third-order valence-corrected chi connectivity index (χ3v) is 5.29. The number of hydrogen-bond acceptors (Lipinski definition) is 8. The smallest absolute Gasteiger partial charge is 0.340 e. The summed E-state index contributed by atoms with van der Waals surface area (Å²) in [7, 11) is 0.919. The molecule has 2 aromatic carbocycles. The van der Waals surface area contributed by atoms with Crippen molar-refractivity contribution in [3.63, 3.8) is 0 Å². The summed E-state index contributed by atoms with van der Waals surface area (Å²) in [5.74, 6) is -1.39. The number of amides is 1. The van der Waals surface area contributed by atoms with Gasteiger partial charge in [0.2, 0.25) is 11.7 Å². The van der Waals surface area contributed by atoms with E-state index < -0.39 is 21.9 Å². The molecule has 0 fully saturated rings. The molecule has 11 heteroatoms. The van der Waals surface area contributed by atoms with Crippen LogP contribution in [0.25, 0.3) is 0 Å². The number of nitrogens with two attached hydrogens (primary N) is 1. The van der Waals surface area contributed by atoms with Crippen molar-refractivity contribution in [2.45, 2.75) is 4.90 Å². The number of ether oxygens (including phenoxy) is 4. The molecule has 0 unspecified atom stereocenters. The zero-order valence-corrected chi connectivity index (χ0v) is 17.0. The molecule has 0 heterocycles. The highest BCUT2D eigenvalue weighted by atomic mass is 32.2. The summed E-state index contributed by atoms with van der Waals surface area (Å²) in [5.41, 5.74) is 4.95. The molecule has 0 bridgehead atoms. The largest absolute Gasteiger partial charge is 0.493 e. The van der Waals surface area contributed by atoms with Crippen molar-refractivity contribution in [2.75, 3.05) is 33.2 Å². The second-order valence-electron chi connectivity index (χ2n) is 5.55.